The molecule has 2 aliphatic rings. The summed E-state index contributed by atoms with van der Waals surface area (Å²) in [5.41, 5.74) is 0. The second-order valence-electron chi connectivity index (χ2n) is 1.67. The molecule has 2 heteroatoms. The van der Waals surface area contributed by atoms with Gasteiger partial charge >= 0.3 is 52.3 Å². The normalized spacial score (nSPS) is 47.3. The van der Waals surface area contributed by atoms with Crippen LogP contribution in [0.1, 0.15) is 6.42 Å². The Balaban J connectivity index is 2.09. The fourth-order valence-electron chi connectivity index (χ4n) is 0.697. The standard InChI is InChI=1S/C4H7I2/c1-2-5-6-3-4(1)6/h4H,1-3H2/q-1. The Morgan fingerprint density at radius 3 is 2.83 bits per heavy atom. The van der Waals surface area contributed by atoms with Gasteiger partial charge in [-0.15, -0.1) is 0 Å². The van der Waals surface area contributed by atoms with Crippen molar-refractivity contribution in [2.75, 3.05) is 8.86 Å². The van der Waals surface area contributed by atoms with E-state index in [0.717, 1.165) is 17.2 Å². The molecule has 1 unspecified atom stereocenters. The Morgan fingerprint density at radius 2 is 2.67 bits per heavy atom. The molecule has 0 bridgehead atoms. The zero-order valence-electron chi connectivity index (χ0n) is 3.45. The van der Waals surface area contributed by atoms with Gasteiger partial charge in [0.2, 0.25) is 0 Å². The van der Waals surface area contributed by atoms with Gasteiger partial charge < -0.3 is 0 Å². The third-order valence-corrected chi connectivity index (χ3v) is 21.1. The van der Waals surface area contributed by atoms with Gasteiger partial charge in [-0.1, -0.05) is 0 Å². The van der Waals surface area contributed by atoms with Gasteiger partial charge in [-0.3, -0.25) is 0 Å². The van der Waals surface area contributed by atoms with Crippen molar-refractivity contribution in [3.05, 3.63) is 0 Å². The monoisotopic (exact) mass is 309 g/mol. The third-order valence-electron chi connectivity index (χ3n) is 1.17. The zero-order valence-corrected chi connectivity index (χ0v) is 7.77. The molecular formula is C4H7I2-. The maximum absolute atomic E-state index is 1.79. The summed E-state index contributed by atoms with van der Waals surface area (Å²) < 4.78 is 4.92. The Hall–Kier alpha value is 1.46. The zero-order chi connectivity index (χ0) is 3.98. The summed E-state index contributed by atoms with van der Waals surface area (Å²) >= 11 is 0.997. The van der Waals surface area contributed by atoms with Crippen LogP contribution in [-0.2, 0) is 0 Å². The number of hydrogen-bond acceptors (Lipinski definition) is 0. The van der Waals surface area contributed by atoms with Crippen LogP contribution in [0.15, 0.2) is 0 Å². The molecule has 0 aliphatic carbocycles. The van der Waals surface area contributed by atoms with E-state index in [1.807, 2.05) is 0 Å². The van der Waals surface area contributed by atoms with Crippen LogP contribution in [0.4, 0.5) is 0 Å². The molecule has 0 amide bonds. The molecule has 2 heterocycles. The molecule has 0 aromatic rings. The van der Waals surface area contributed by atoms with Gasteiger partial charge in [0.15, 0.2) is 0 Å². The van der Waals surface area contributed by atoms with E-state index < -0.39 is 0 Å². The molecule has 2 fully saturated rings. The topological polar surface area (TPSA) is 0 Å². The fraction of sp³-hybridized carbons (Fsp3) is 1.00. The molecule has 2 aliphatic heterocycles. The second-order valence-corrected chi connectivity index (χ2v) is 18.8. The summed E-state index contributed by atoms with van der Waals surface area (Å²) in [7, 11) is 0. The van der Waals surface area contributed by atoms with E-state index in [4.69, 9.17) is 0 Å². The molecule has 0 N–H and O–H groups in total. The third kappa shape index (κ3) is 0.599. The summed E-state index contributed by atoms with van der Waals surface area (Å²) in [4.78, 5) is 0. The summed E-state index contributed by atoms with van der Waals surface area (Å²) in [6.07, 6.45) is 1.68. The molecule has 6 heavy (non-hydrogen) atoms. The van der Waals surface area contributed by atoms with Crippen LogP contribution in [0.5, 0.6) is 0 Å². The first-order valence-corrected chi connectivity index (χ1v) is 12.8. The van der Waals surface area contributed by atoms with Crippen molar-refractivity contribution in [2.24, 2.45) is 0 Å². The van der Waals surface area contributed by atoms with E-state index in [9.17, 15) is 0 Å². The predicted molar refractivity (Wildman–Crippen MR) is 32.2 cm³/mol. The Kier molecular flexibility index (Phi) is 1.06. The number of rotatable bonds is 0. The summed E-state index contributed by atoms with van der Waals surface area (Å²) in [6.45, 7) is 0. The molecule has 0 aromatic carbocycles. The molecular weight excluding hydrogens is 302 g/mol. The second kappa shape index (κ2) is 1.47. The molecule has 0 aromatic heterocycles. The molecule has 38 valence electrons. The van der Waals surface area contributed by atoms with Crippen LogP contribution in [0.25, 0.3) is 0 Å². The summed E-state index contributed by atoms with van der Waals surface area (Å²) in [6, 6.07) is 0. The van der Waals surface area contributed by atoms with Crippen molar-refractivity contribution < 1.29 is 17.2 Å². The van der Waals surface area contributed by atoms with E-state index in [2.05, 4.69) is 0 Å². The van der Waals surface area contributed by atoms with Crippen molar-refractivity contribution in [1.29, 1.82) is 0 Å². The Morgan fingerprint density at radius 1 is 1.67 bits per heavy atom. The van der Waals surface area contributed by atoms with E-state index in [-0.39, 0.29) is 15.8 Å². The first kappa shape index (κ1) is 4.35. The van der Waals surface area contributed by atoms with Gasteiger partial charge in [0, 0.05) is 0 Å². The molecule has 0 spiro atoms. The first-order chi connectivity index (χ1) is 2.97. The van der Waals surface area contributed by atoms with Gasteiger partial charge in [-0.05, 0) is 0 Å². The first-order valence-electron chi connectivity index (χ1n) is 2.21. The summed E-state index contributed by atoms with van der Waals surface area (Å²) in [5.74, 6) is 0. The average Bonchev–Trinajstić information content (AvgIpc) is 2.17. The van der Waals surface area contributed by atoms with Crippen molar-refractivity contribution in [3.63, 3.8) is 0 Å². The predicted octanol–water partition coefficient (Wildman–Crippen LogP) is -1.72. The maximum atomic E-state index is 1.79. The van der Waals surface area contributed by atoms with E-state index in [1.54, 1.807) is 15.3 Å². The van der Waals surface area contributed by atoms with Gasteiger partial charge in [0.05, 0.1) is 0 Å². The van der Waals surface area contributed by atoms with Crippen molar-refractivity contribution in [2.45, 2.75) is 10.3 Å². The van der Waals surface area contributed by atoms with Crippen molar-refractivity contribution in [1.82, 2.24) is 0 Å². The Bertz CT molecular complexity index is 63.9. The Labute approximate surface area is 51.8 Å². The van der Waals surface area contributed by atoms with E-state index in [0.29, 0.717) is 0 Å². The molecule has 1 atom stereocenters. The molecule has 2 rings (SSSR count). The molecule has 0 saturated carbocycles. The van der Waals surface area contributed by atoms with Gasteiger partial charge in [-0.2, -0.15) is 0 Å². The van der Waals surface area contributed by atoms with Crippen LogP contribution in [0.3, 0.4) is 0 Å². The molecule has 0 nitrogen and oxygen atoms in total. The fourth-order valence-corrected chi connectivity index (χ4v) is 25.7. The minimum atomic E-state index is 0.0870. The average molecular weight is 309 g/mol. The van der Waals surface area contributed by atoms with Gasteiger partial charge in [0.1, 0.15) is 0 Å². The molecule has 0 radical (unpaired) electrons. The van der Waals surface area contributed by atoms with Crippen LogP contribution < -0.4 is 17.2 Å². The number of hydrogen-bond donors (Lipinski definition) is 0. The minimum absolute atomic E-state index is 0.0870. The quantitative estimate of drug-likeness (QED) is 0.369. The van der Waals surface area contributed by atoms with Crippen LogP contribution >= 0.6 is 15.8 Å². The number of alkyl halides is 3. The SMILES string of the molecule is C1CC2CI2[I-]1. The molecule has 2 saturated heterocycles. The van der Waals surface area contributed by atoms with Crippen molar-refractivity contribution >= 4 is 15.8 Å². The van der Waals surface area contributed by atoms with Crippen LogP contribution in [0.2, 0.25) is 0 Å². The van der Waals surface area contributed by atoms with Gasteiger partial charge in [0.25, 0.3) is 0 Å². The summed E-state index contributed by atoms with van der Waals surface area (Å²) in [5, 5.41) is 0. The van der Waals surface area contributed by atoms with Crippen molar-refractivity contribution in [3.8, 4) is 0 Å². The number of halogens is 2. The number of fused-ring (bicyclic) bond motifs is 1. The van der Waals surface area contributed by atoms with E-state index >= 15 is 0 Å². The van der Waals surface area contributed by atoms with E-state index in [1.165, 1.54) is 3.92 Å². The van der Waals surface area contributed by atoms with Gasteiger partial charge in [-0.25, -0.2) is 0 Å². The van der Waals surface area contributed by atoms with Crippen LogP contribution in [-0.4, -0.2) is 12.8 Å². The van der Waals surface area contributed by atoms with Crippen LogP contribution in [0, 0.1) is 0 Å².